The van der Waals surface area contributed by atoms with Gasteiger partial charge in [0, 0.05) is 30.1 Å². The molecule has 15 nitrogen and oxygen atoms in total. The highest BCUT2D eigenvalue weighted by Gasteiger charge is 2.30. The topological polar surface area (TPSA) is 274 Å². The van der Waals surface area contributed by atoms with E-state index in [1.54, 1.807) is 6.20 Å². The number of para-hydroxylation sites is 1. The number of guanidine groups is 1. The first kappa shape index (κ1) is 30.6. The van der Waals surface area contributed by atoms with Crippen molar-refractivity contribution >= 4 is 46.5 Å². The highest BCUT2D eigenvalue weighted by Crippen LogP contribution is 2.19. The lowest BCUT2D eigenvalue weighted by molar-refractivity contribution is -0.141. The van der Waals surface area contributed by atoms with Crippen LogP contribution in [0.15, 0.2) is 35.5 Å². The van der Waals surface area contributed by atoms with Crippen molar-refractivity contribution in [2.45, 2.75) is 56.8 Å². The summed E-state index contributed by atoms with van der Waals surface area (Å²) < 4.78 is 0. The third-order valence-corrected chi connectivity index (χ3v) is 5.80. The second-order valence-electron chi connectivity index (χ2n) is 8.98. The molecule has 13 N–H and O–H groups in total. The molecule has 2 aromatic rings. The number of rotatable bonds is 15. The Bertz CT molecular complexity index is 1220. The molecule has 4 amide bonds. The summed E-state index contributed by atoms with van der Waals surface area (Å²) in [6, 6.07) is 2.44. The van der Waals surface area contributed by atoms with Gasteiger partial charge in [0.25, 0.3) is 0 Å². The standard InChI is InChI=1S/C24H35N9O6/c1-12(23(38)39)31-22(37)18(9-13-11-30-16-6-3-2-5-14(13)16)33-21(36)17(7-4-8-29-24(27)28)32-20(35)15(25)10-19(26)34/h2-3,5-6,11-12,15,17-18,30H,4,7-10,25H2,1H3,(H2,26,34)(H,31,37)(H,32,35)(H,33,36)(H,38,39)(H4,27,28,29). The Kier molecular flexibility index (Phi) is 11.2. The number of carbonyl (C=O) groups is 5. The second-order valence-corrected chi connectivity index (χ2v) is 8.98. The molecule has 212 valence electrons. The Morgan fingerprint density at radius 1 is 0.974 bits per heavy atom. The highest BCUT2D eigenvalue weighted by atomic mass is 16.4. The van der Waals surface area contributed by atoms with Gasteiger partial charge in [0.1, 0.15) is 18.1 Å². The second kappa shape index (κ2) is 14.3. The summed E-state index contributed by atoms with van der Waals surface area (Å²) >= 11 is 0. The van der Waals surface area contributed by atoms with Crippen LogP contribution >= 0.6 is 0 Å². The molecule has 4 unspecified atom stereocenters. The number of nitrogens with one attached hydrogen (secondary N) is 4. The first-order valence-electron chi connectivity index (χ1n) is 12.2. The number of carboxylic acid groups (broad SMARTS) is 1. The van der Waals surface area contributed by atoms with Crippen molar-refractivity contribution in [1.29, 1.82) is 0 Å². The van der Waals surface area contributed by atoms with Gasteiger partial charge in [-0.3, -0.25) is 29.0 Å². The first-order valence-corrected chi connectivity index (χ1v) is 12.2. The molecule has 0 fully saturated rings. The van der Waals surface area contributed by atoms with Gasteiger partial charge in [0.2, 0.25) is 23.6 Å². The van der Waals surface area contributed by atoms with E-state index < -0.39 is 60.2 Å². The van der Waals surface area contributed by atoms with Crippen LogP contribution in [0.3, 0.4) is 0 Å². The lowest BCUT2D eigenvalue weighted by Gasteiger charge is -2.24. The molecular formula is C24H35N9O6. The van der Waals surface area contributed by atoms with E-state index in [1.165, 1.54) is 6.92 Å². The van der Waals surface area contributed by atoms with Gasteiger partial charge in [-0.25, -0.2) is 0 Å². The molecule has 1 aromatic carbocycles. The van der Waals surface area contributed by atoms with Crippen LogP contribution in [0.4, 0.5) is 0 Å². The molecule has 4 atom stereocenters. The predicted molar refractivity (Wildman–Crippen MR) is 143 cm³/mol. The molecule has 0 spiro atoms. The van der Waals surface area contributed by atoms with Gasteiger partial charge in [0.15, 0.2) is 5.96 Å². The SMILES string of the molecule is CC(NC(=O)C(Cc1c[nH]c2ccccc12)NC(=O)C(CCCN=C(N)N)NC(=O)C(N)CC(N)=O)C(=O)O. The van der Waals surface area contributed by atoms with E-state index in [2.05, 4.69) is 25.9 Å². The fourth-order valence-corrected chi connectivity index (χ4v) is 3.74. The number of carbonyl (C=O) groups excluding carboxylic acids is 4. The van der Waals surface area contributed by atoms with Gasteiger partial charge in [-0.05, 0) is 31.4 Å². The van der Waals surface area contributed by atoms with Crippen molar-refractivity contribution in [3.8, 4) is 0 Å². The Hall–Kier alpha value is -4.66. The summed E-state index contributed by atoms with van der Waals surface area (Å²) in [5, 5.41) is 17.5. The summed E-state index contributed by atoms with van der Waals surface area (Å²) in [6.07, 6.45) is 1.60. The van der Waals surface area contributed by atoms with Crippen molar-refractivity contribution in [2.24, 2.45) is 27.9 Å². The van der Waals surface area contributed by atoms with Crippen LogP contribution in [0.25, 0.3) is 10.9 Å². The molecule has 15 heteroatoms. The van der Waals surface area contributed by atoms with Crippen LogP contribution in [-0.2, 0) is 30.4 Å². The molecule has 0 saturated heterocycles. The number of aromatic amines is 1. The fraction of sp³-hybridized carbons (Fsp3) is 0.417. The van der Waals surface area contributed by atoms with Gasteiger partial charge in [-0.15, -0.1) is 0 Å². The third-order valence-electron chi connectivity index (χ3n) is 5.80. The van der Waals surface area contributed by atoms with Crippen LogP contribution in [0.1, 0.15) is 31.7 Å². The number of hydrogen-bond donors (Lipinski definition) is 9. The molecule has 0 aliphatic carbocycles. The maximum Gasteiger partial charge on any atom is 0.325 e. The zero-order valence-corrected chi connectivity index (χ0v) is 21.5. The van der Waals surface area contributed by atoms with E-state index in [0.717, 1.165) is 10.9 Å². The first-order chi connectivity index (χ1) is 18.4. The van der Waals surface area contributed by atoms with Gasteiger partial charge in [0.05, 0.1) is 12.5 Å². The average molecular weight is 546 g/mol. The molecule has 0 bridgehead atoms. The van der Waals surface area contributed by atoms with E-state index in [9.17, 15) is 29.1 Å². The number of fused-ring (bicyclic) bond motifs is 1. The van der Waals surface area contributed by atoms with Gasteiger partial charge >= 0.3 is 5.97 Å². The minimum Gasteiger partial charge on any atom is -0.480 e. The largest absolute Gasteiger partial charge is 0.480 e. The summed E-state index contributed by atoms with van der Waals surface area (Å²) in [4.78, 5) is 68.3. The zero-order chi connectivity index (χ0) is 29.1. The van der Waals surface area contributed by atoms with Gasteiger partial charge < -0.3 is 49.0 Å². The quantitative estimate of drug-likeness (QED) is 0.0650. The van der Waals surface area contributed by atoms with E-state index in [1.807, 2.05) is 24.3 Å². The molecular weight excluding hydrogens is 510 g/mol. The number of aliphatic imine (C=N–C) groups is 1. The monoisotopic (exact) mass is 545 g/mol. The van der Waals surface area contributed by atoms with E-state index in [4.69, 9.17) is 22.9 Å². The number of primary amides is 1. The lowest BCUT2D eigenvalue weighted by atomic mass is 10.0. The molecule has 2 rings (SSSR count). The van der Waals surface area contributed by atoms with Crippen molar-refractivity contribution in [3.05, 3.63) is 36.0 Å². The van der Waals surface area contributed by atoms with Crippen molar-refractivity contribution in [1.82, 2.24) is 20.9 Å². The lowest BCUT2D eigenvalue weighted by Crippen LogP contribution is -2.57. The Morgan fingerprint density at radius 2 is 1.62 bits per heavy atom. The van der Waals surface area contributed by atoms with Crippen LogP contribution < -0.4 is 38.9 Å². The summed E-state index contributed by atoms with van der Waals surface area (Å²) in [6.45, 7) is 1.45. The number of hydrogen-bond acceptors (Lipinski definition) is 7. The predicted octanol–water partition coefficient (Wildman–Crippen LogP) is -2.47. The summed E-state index contributed by atoms with van der Waals surface area (Å²) in [5.41, 5.74) is 23.0. The maximum atomic E-state index is 13.3. The van der Waals surface area contributed by atoms with Crippen LogP contribution in [0.2, 0.25) is 0 Å². The van der Waals surface area contributed by atoms with Crippen LogP contribution in [0, 0.1) is 0 Å². The van der Waals surface area contributed by atoms with Gasteiger partial charge in [-0.2, -0.15) is 0 Å². The number of amides is 4. The average Bonchev–Trinajstić information content (AvgIpc) is 3.27. The number of aliphatic carboxylic acids is 1. The van der Waals surface area contributed by atoms with E-state index in [-0.39, 0.29) is 31.8 Å². The number of carboxylic acids is 1. The summed E-state index contributed by atoms with van der Waals surface area (Å²) in [5.74, 6) is -4.47. The molecule has 0 radical (unpaired) electrons. The third kappa shape index (κ3) is 9.62. The van der Waals surface area contributed by atoms with Crippen molar-refractivity contribution < 1.29 is 29.1 Å². The van der Waals surface area contributed by atoms with Gasteiger partial charge in [-0.1, -0.05) is 18.2 Å². The minimum absolute atomic E-state index is 0.0176. The van der Waals surface area contributed by atoms with Crippen molar-refractivity contribution in [3.63, 3.8) is 0 Å². The molecule has 0 saturated carbocycles. The fourth-order valence-electron chi connectivity index (χ4n) is 3.74. The minimum atomic E-state index is -1.29. The maximum absolute atomic E-state index is 13.3. The number of nitrogens with two attached hydrogens (primary N) is 4. The molecule has 1 heterocycles. The number of nitrogens with zero attached hydrogens (tertiary/aromatic N) is 1. The normalized spacial score (nSPS) is 13.9. The number of benzene rings is 1. The van der Waals surface area contributed by atoms with Crippen LogP contribution in [0.5, 0.6) is 0 Å². The Morgan fingerprint density at radius 3 is 2.26 bits per heavy atom. The Balaban J connectivity index is 2.28. The molecule has 0 aliphatic rings. The van der Waals surface area contributed by atoms with E-state index in [0.29, 0.717) is 5.56 Å². The zero-order valence-electron chi connectivity index (χ0n) is 21.5. The summed E-state index contributed by atoms with van der Waals surface area (Å²) in [7, 11) is 0. The molecule has 1 aromatic heterocycles. The van der Waals surface area contributed by atoms with Crippen LogP contribution in [-0.4, -0.2) is 76.4 Å². The smallest absolute Gasteiger partial charge is 0.325 e. The molecule has 0 aliphatic heterocycles. The Labute approximate surface area is 224 Å². The molecule has 39 heavy (non-hydrogen) atoms. The highest BCUT2D eigenvalue weighted by molar-refractivity contribution is 5.95. The van der Waals surface area contributed by atoms with E-state index >= 15 is 0 Å². The van der Waals surface area contributed by atoms with Crippen molar-refractivity contribution in [2.75, 3.05) is 6.54 Å². The number of aromatic nitrogens is 1. The number of H-pyrrole nitrogens is 1.